The van der Waals surface area contributed by atoms with Gasteiger partial charge < -0.3 is 9.84 Å². The highest BCUT2D eigenvalue weighted by Crippen LogP contribution is 2.43. The Labute approximate surface area is 125 Å². The predicted octanol–water partition coefficient (Wildman–Crippen LogP) is 3.12. The summed E-state index contributed by atoms with van der Waals surface area (Å²) in [5.74, 6) is 2.70. The van der Waals surface area contributed by atoms with Crippen molar-refractivity contribution < 1.29 is 9.84 Å². The number of aliphatic hydroxyl groups is 1. The molecular weight excluding hydrogens is 270 g/mol. The van der Waals surface area contributed by atoms with Crippen LogP contribution in [0, 0.1) is 12.8 Å². The van der Waals surface area contributed by atoms with E-state index in [0.717, 1.165) is 43.4 Å². The first-order valence-electron chi connectivity index (χ1n) is 7.50. The standard InChI is InChI=1S/C16H23NO2S/c1-12-11-17-6-2-14(12)15(18)13-3-7-19-16(10-13)4-8-20-9-5-16/h2,6,11,13,15,18H,3-5,7-10H2,1H3. The lowest BCUT2D eigenvalue weighted by molar-refractivity contribution is -0.121. The predicted molar refractivity (Wildman–Crippen MR) is 81.9 cm³/mol. The Morgan fingerprint density at radius 1 is 1.45 bits per heavy atom. The molecule has 2 unspecified atom stereocenters. The van der Waals surface area contributed by atoms with Crippen LogP contribution < -0.4 is 0 Å². The Morgan fingerprint density at radius 3 is 3.00 bits per heavy atom. The third-order valence-corrected chi connectivity index (χ3v) is 5.75. The fourth-order valence-electron chi connectivity index (χ4n) is 3.50. The van der Waals surface area contributed by atoms with Crippen LogP contribution in [0.4, 0.5) is 0 Å². The zero-order valence-electron chi connectivity index (χ0n) is 12.0. The van der Waals surface area contributed by atoms with Crippen molar-refractivity contribution in [1.29, 1.82) is 0 Å². The molecule has 2 aliphatic heterocycles. The van der Waals surface area contributed by atoms with E-state index in [0.29, 0.717) is 5.92 Å². The van der Waals surface area contributed by atoms with Crippen LogP contribution in [0.5, 0.6) is 0 Å². The highest BCUT2D eigenvalue weighted by atomic mass is 32.2. The molecular formula is C16H23NO2S. The molecule has 1 aromatic rings. The normalized spacial score (nSPS) is 27.4. The highest BCUT2D eigenvalue weighted by molar-refractivity contribution is 7.99. The van der Waals surface area contributed by atoms with Crippen LogP contribution in [-0.2, 0) is 4.74 Å². The summed E-state index contributed by atoms with van der Waals surface area (Å²) in [6, 6.07) is 1.96. The van der Waals surface area contributed by atoms with E-state index in [2.05, 4.69) is 4.98 Å². The van der Waals surface area contributed by atoms with E-state index in [1.807, 2.05) is 30.9 Å². The van der Waals surface area contributed by atoms with Gasteiger partial charge >= 0.3 is 0 Å². The fraction of sp³-hybridized carbons (Fsp3) is 0.688. The summed E-state index contributed by atoms with van der Waals surface area (Å²) in [4.78, 5) is 4.12. The van der Waals surface area contributed by atoms with E-state index in [1.165, 1.54) is 11.5 Å². The van der Waals surface area contributed by atoms with E-state index in [1.54, 1.807) is 6.20 Å². The molecule has 110 valence electrons. The average molecular weight is 293 g/mol. The molecule has 2 atom stereocenters. The lowest BCUT2D eigenvalue weighted by Crippen LogP contribution is -2.44. The second kappa shape index (κ2) is 6.04. The molecule has 20 heavy (non-hydrogen) atoms. The van der Waals surface area contributed by atoms with Crippen LogP contribution in [0.1, 0.15) is 42.9 Å². The summed E-state index contributed by atoms with van der Waals surface area (Å²) >= 11 is 2.02. The van der Waals surface area contributed by atoms with Crippen molar-refractivity contribution >= 4 is 11.8 Å². The van der Waals surface area contributed by atoms with Gasteiger partial charge in [-0.3, -0.25) is 4.98 Å². The van der Waals surface area contributed by atoms with Gasteiger partial charge in [-0.15, -0.1) is 0 Å². The summed E-state index contributed by atoms with van der Waals surface area (Å²) in [5.41, 5.74) is 2.16. The lowest BCUT2D eigenvalue weighted by atomic mass is 9.77. The first-order chi connectivity index (χ1) is 9.70. The molecule has 2 aliphatic rings. The van der Waals surface area contributed by atoms with Gasteiger partial charge in [0.25, 0.3) is 0 Å². The summed E-state index contributed by atoms with van der Waals surface area (Å²) in [5, 5.41) is 10.8. The summed E-state index contributed by atoms with van der Waals surface area (Å²) < 4.78 is 6.12. The van der Waals surface area contributed by atoms with Crippen molar-refractivity contribution in [3.05, 3.63) is 29.6 Å². The molecule has 1 aromatic heterocycles. The molecule has 3 nitrogen and oxygen atoms in total. The van der Waals surface area contributed by atoms with Crippen molar-refractivity contribution in [3.63, 3.8) is 0 Å². The minimum Gasteiger partial charge on any atom is -0.388 e. The zero-order valence-corrected chi connectivity index (χ0v) is 12.9. The Morgan fingerprint density at radius 2 is 2.25 bits per heavy atom. The monoisotopic (exact) mass is 293 g/mol. The zero-order chi connectivity index (χ0) is 14.0. The third kappa shape index (κ3) is 2.87. The van der Waals surface area contributed by atoms with Crippen molar-refractivity contribution in [1.82, 2.24) is 4.98 Å². The minimum absolute atomic E-state index is 0.0378. The molecule has 3 heterocycles. The maximum absolute atomic E-state index is 10.8. The number of pyridine rings is 1. The average Bonchev–Trinajstić information content (AvgIpc) is 2.48. The molecule has 1 spiro atoms. The number of aromatic nitrogens is 1. The first-order valence-corrected chi connectivity index (χ1v) is 8.66. The maximum atomic E-state index is 10.8. The van der Waals surface area contributed by atoms with E-state index in [-0.39, 0.29) is 11.7 Å². The van der Waals surface area contributed by atoms with Crippen molar-refractivity contribution in [3.8, 4) is 0 Å². The smallest absolute Gasteiger partial charge is 0.0823 e. The van der Waals surface area contributed by atoms with Crippen molar-refractivity contribution in [2.75, 3.05) is 18.1 Å². The van der Waals surface area contributed by atoms with Gasteiger partial charge in [-0.2, -0.15) is 11.8 Å². The van der Waals surface area contributed by atoms with Crippen LogP contribution in [0.3, 0.4) is 0 Å². The topological polar surface area (TPSA) is 42.4 Å². The van der Waals surface area contributed by atoms with Gasteiger partial charge in [0.2, 0.25) is 0 Å². The van der Waals surface area contributed by atoms with Crippen LogP contribution in [0.25, 0.3) is 0 Å². The lowest BCUT2D eigenvalue weighted by Gasteiger charge is -2.44. The van der Waals surface area contributed by atoms with E-state index < -0.39 is 0 Å². The number of nitrogens with zero attached hydrogens (tertiary/aromatic N) is 1. The summed E-state index contributed by atoms with van der Waals surface area (Å²) in [6.07, 6.45) is 7.46. The van der Waals surface area contributed by atoms with E-state index >= 15 is 0 Å². The first kappa shape index (κ1) is 14.4. The molecule has 0 aliphatic carbocycles. The molecule has 0 amide bonds. The molecule has 0 bridgehead atoms. The number of aliphatic hydroxyl groups excluding tert-OH is 1. The molecule has 0 aromatic carbocycles. The van der Waals surface area contributed by atoms with Crippen LogP contribution >= 0.6 is 11.8 Å². The van der Waals surface area contributed by atoms with E-state index in [9.17, 15) is 5.11 Å². The summed E-state index contributed by atoms with van der Waals surface area (Å²) in [7, 11) is 0. The molecule has 3 rings (SSSR count). The molecule has 1 N–H and O–H groups in total. The van der Waals surface area contributed by atoms with Crippen LogP contribution in [-0.4, -0.2) is 33.8 Å². The van der Waals surface area contributed by atoms with Gasteiger partial charge in [0.1, 0.15) is 0 Å². The second-order valence-corrected chi connectivity index (χ2v) is 7.30. The van der Waals surface area contributed by atoms with Gasteiger partial charge in [0.05, 0.1) is 11.7 Å². The minimum atomic E-state index is -0.381. The Bertz CT molecular complexity index is 454. The Kier molecular flexibility index (Phi) is 4.34. The SMILES string of the molecule is Cc1cnccc1C(O)C1CCOC2(CCSCC2)C1. The Hall–Kier alpha value is -0.580. The number of hydrogen-bond donors (Lipinski definition) is 1. The van der Waals surface area contributed by atoms with Crippen LogP contribution in [0.2, 0.25) is 0 Å². The number of rotatable bonds is 2. The maximum Gasteiger partial charge on any atom is 0.0823 e. The molecule has 2 saturated heterocycles. The van der Waals surface area contributed by atoms with Gasteiger partial charge in [-0.05, 0) is 67.2 Å². The number of ether oxygens (including phenoxy) is 1. The molecule has 0 radical (unpaired) electrons. The van der Waals surface area contributed by atoms with Crippen molar-refractivity contribution in [2.24, 2.45) is 5.92 Å². The van der Waals surface area contributed by atoms with Gasteiger partial charge in [0.15, 0.2) is 0 Å². The molecule has 4 heteroatoms. The van der Waals surface area contributed by atoms with Crippen molar-refractivity contribution in [2.45, 2.75) is 44.3 Å². The Balaban J connectivity index is 1.75. The van der Waals surface area contributed by atoms with Crippen LogP contribution in [0.15, 0.2) is 18.5 Å². The number of aryl methyl sites for hydroxylation is 1. The largest absolute Gasteiger partial charge is 0.388 e. The number of thioether (sulfide) groups is 1. The third-order valence-electron chi connectivity index (χ3n) is 4.76. The van der Waals surface area contributed by atoms with Gasteiger partial charge in [-0.25, -0.2) is 0 Å². The summed E-state index contributed by atoms with van der Waals surface area (Å²) in [6.45, 7) is 2.81. The molecule has 2 fully saturated rings. The number of hydrogen-bond acceptors (Lipinski definition) is 4. The van der Waals surface area contributed by atoms with Gasteiger partial charge in [-0.1, -0.05) is 0 Å². The highest BCUT2D eigenvalue weighted by Gasteiger charge is 2.41. The van der Waals surface area contributed by atoms with Gasteiger partial charge in [0, 0.05) is 19.0 Å². The fourth-order valence-corrected chi connectivity index (χ4v) is 4.73. The molecule has 0 saturated carbocycles. The quantitative estimate of drug-likeness (QED) is 0.910. The van der Waals surface area contributed by atoms with E-state index in [4.69, 9.17) is 4.74 Å². The second-order valence-electron chi connectivity index (χ2n) is 6.07.